The summed E-state index contributed by atoms with van der Waals surface area (Å²) in [6.45, 7) is 4.26. The van der Waals surface area contributed by atoms with Crippen LogP contribution in [-0.4, -0.2) is 10.2 Å². The Bertz CT molecular complexity index is 494. The third-order valence-corrected chi connectivity index (χ3v) is 2.64. The fourth-order valence-electron chi connectivity index (χ4n) is 1.74. The first-order chi connectivity index (χ1) is 8.22. The van der Waals surface area contributed by atoms with Crippen molar-refractivity contribution in [3.8, 4) is 11.3 Å². The van der Waals surface area contributed by atoms with E-state index in [4.69, 9.17) is 5.84 Å². The van der Waals surface area contributed by atoms with Crippen LogP contribution in [0.25, 0.3) is 11.3 Å². The Hall–Kier alpha value is -1.94. The van der Waals surface area contributed by atoms with Gasteiger partial charge in [-0.25, -0.2) is 5.84 Å². The van der Waals surface area contributed by atoms with Crippen LogP contribution in [0.5, 0.6) is 0 Å². The van der Waals surface area contributed by atoms with E-state index in [2.05, 4.69) is 29.5 Å². The number of anilines is 1. The molecule has 0 fully saturated rings. The van der Waals surface area contributed by atoms with Crippen molar-refractivity contribution in [3.63, 3.8) is 0 Å². The van der Waals surface area contributed by atoms with Gasteiger partial charge in [-0.1, -0.05) is 44.2 Å². The Morgan fingerprint density at radius 1 is 1.12 bits per heavy atom. The van der Waals surface area contributed by atoms with E-state index in [0.717, 1.165) is 16.8 Å². The minimum absolute atomic E-state index is 0.368. The van der Waals surface area contributed by atoms with Gasteiger partial charge in [0.2, 0.25) is 0 Å². The van der Waals surface area contributed by atoms with E-state index in [-0.39, 0.29) is 0 Å². The molecule has 88 valence electrons. The van der Waals surface area contributed by atoms with E-state index in [1.165, 1.54) is 0 Å². The first-order valence-corrected chi connectivity index (χ1v) is 5.62. The van der Waals surface area contributed by atoms with Crippen molar-refractivity contribution in [1.82, 2.24) is 10.2 Å². The van der Waals surface area contributed by atoms with Gasteiger partial charge in [0.25, 0.3) is 0 Å². The Balaban J connectivity index is 2.54. The van der Waals surface area contributed by atoms with Crippen molar-refractivity contribution in [1.29, 1.82) is 0 Å². The van der Waals surface area contributed by atoms with Gasteiger partial charge in [-0.05, 0) is 17.5 Å². The lowest BCUT2D eigenvalue weighted by Gasteiger charge is -2.12. The molecule has 1 aromatic carbocycles. The smallest absolute Gasteiger partial charge is 0.162 e. The number of nitrogens with one attached hydrogen (secondary N) is 1. The van der Waals surface area contributed by atoms with Gasteiger partial charge in [0.1, 0.15) is 0 Å². The number of rotatable bonds is 3. The summed E-state index contributed by atoms with van der Waals surface area (Å²) in [4.78, 5) is 0. The van der Waals surface area contributed by atoms with Gasteiger partial charge in [-0.2, -0.15) is 0 Å². The molecule has 1 heterocycles. The highest BCUT2D eigenvalue weighted by Gasteiger charge is 2.11. The maximum atomic E-state index is 5.36. The van der Waals surface area contributed by atoms with Crippen molar-refractivity contribution >= 4 is 5.82 Å². The molecule has 0 atom stereocenters. The molecule has 0 radical (unpaired) electrons. The minimum Gasteiger partial charge on any atom is -0.307 e. The van der Waals surface area contributed by atoms with Crippen LogP contribution in [0.3, 0.4) is 0 Å². The molecule has 1 aromatic heterocycles. The zero-order chi connectivity index (χ0) is 12.3. The summed E-state index contributed by atoms with van der Waals surface area (Å²) in [5.74, 6) is 6.31. The fourth-order valence-corrected chi connectivity index (χ4v) is 1.74. The fraction of sp³-hybridized carbons (Fsp3) is 0.231. The number of hydrogen-bond donors (Lipinski definition) is 2. The quantitative estimate of drug-likeness (QED) is 0.626. The lowest BCUT2D eigenvalue weighted by atomic mass is 9.98. The first kappa shape index (κ1) is 11.5. The zero-order valence-corrected chi connectivity index (χ0v) is 10.0. The highest BCUT2D eigenvalue weighted by Crippen LogP contribution is 2.27. The number of aromatic nitrogens is 2. The normalized spacial score (nSPS) is 10.6. The molecule has 0 aliphatic rings. The van der Waals surface area contributed by atoms with Gasteiger partial charge >= 0.3 is 0 Å². The number of hydrazine groups is 1. The third-order valence-electron chi connectivity index (χ3n) is 2.64. The van der Waals surface area contributed by atoms with Crippen LogP contribution < -0.4 is 11.3 Å². The molecule has 3 N–H and O–H groups in total. The molecule has 0 saturated carbocycles. The van der Waals surface area contributed by atoms with Crippen LogP contribution in [0.2, 0.25) is 0 Å². The largest absolute Gasteiger partial charge is 0.307 e. The second-order valence-corrected chi connectivity index (χ2v) is 4.20. The van der Waals surface area contributed by atoms with Crippen molar-refractivity contribution in [2.75, 3.05) is 5.43 Å². The molecule has 2 aromatic rings. The predicted molar refractivity (Wildman–Crippen MR) is 69.4 cm³/mol. The topological polar surface area (TPSA) is 63.8 Å². The van der Waals surface area contributed by atoms with Crippen molar-refractivity contribution in [2.24, 2.45) is 5.84 Å². The van der Waals surface area contributed by atoms with Crippen molar-refractivity contribution in [3.05, 3.63) is 42.0 Å². The van der Waals surface area contributed by atoms with Gasteiger partial charge in [-0.15, -0.1) is 10.2 Å². The van der Waals surface area contributed by atoms with E-state index >= 15 is 0 Å². The van der Waals surface area contributed by atoms with Crippen LogP contribution in [0.1, 0.15) is 25.3 Å². The molecule has 2 rings (SSSR count). The van der Waals surface area contributed by atoms with Crippen molar-refractivity contribution in [2.45, 2.75) is 19.8 Å². The molecule has 0 amide bonds. The van der Waals surface area contributed by atoms with Crippen LogP contribution in [0.15, 0.2) is 36.4 Å². The summed E-state index contributed by atoms with van der Waals surface area (Å²) in [5.41, 5.74) is 5.66. The average molecular weight is 228 g/mol. The lowest BCUT2D eigenvalue weighted by molar-refractivity contribution is 0.846. The molecule has 17 heavy (non-hydrogen) atoms. The summed E-state index contributed by atoms with van der Waals surface area (Å²) in [6, 6.07) is 12.0. The Morgan fingerprint density at radius 3 is 2.41 bits per heavy atom. The molecule has 0 aliphatic carbocycles. The molecule has 0 bridgehead atoms. The lowest BCUT2D eigenvalue weighted by Crippen LogP contribution is -2.11. The molecule has 4 nitrogen and oxygen atoms in total. The van der Waals surface area contributed by atoms with Gasteiger partial charge in [0.05, 0.1) is 5.69 Å². The third kappa shape index (κ3) is 2.42. The maximum Gasteiger partial charge on any atom is 0.162 e. The van der Waals surface area contributed by atoms with Gasteiger partial charge in [0, 0.05) is 5.56 Å². The Kier molecular flexibility index (Phi) is 3.35. The number of nitrogens with two attached hydrogens (primary N) is 1. The molecular formula is C13H16N4. The molecular weight excluding hydrogens is 212 g/mol. The zero-order valence-electron chi connectivity index (χ0n) is 10.0. The van der Waals surface area contributed by atoms with E-state index in [0.29, 0.717) is 11.7 Å². The summed E-state index contributed by atoms with van der Waals surface area (Å²) in [7, 11) is 0. The maximum absolute atomic E-state index is 5.36. The summed E-state index contributed by atoms with van der Waals surface area (Å²) in [5, 5.41) is 8.28. The molecule has 0 aliphatic heterocycles. The van der Waals surface area contributed by atoms with Crippen LogP contribution >= 0.6 is 0 Å². The number of nitrogen functional groups attached to an aromatic ring is 1. The SMILES string of the molecule is CC(C)c1cc(NN)nnc1-c1ccccc1. The monoisotopic (exact) mass is 228 g/mol. The van der Waals surface area contributed by atoms with Crippen LogP contribution in [0, 0.1) is 0 Å². The number of benzene rings is 1. The van der Waals surface area contributed by atoms with Crippen molar-refractivity contribution < 1.29 is 0 Å². The molecule has 0 spiro atoms. The van der Waals surface area contributed by atoms with Gasteiger partial charge < -0.3 is 5.43 Å². The first-order valence-electron chi connectivity index (χ1n) is 5.62. The second-order valence-electron chi connectivity index (χ2n) is 4.20. The van der Waals surface area contributed by atoms with Gasteiger partial charge in [-0.3, -0.25) is 0 Å². The number of hydrogen-bond acceptors (Lipinski definition) is 4. The second kappa shape index (κ2) is 4.93. The summed E-state index contributed by atoms with van der Waals surface area (Å²) >= 11 is 0. The summed E-state index contributed by atoms with van der Waals surface area (Å²) < 4.78 is 0. The summed E-state index contributed by atoms with van der Waals surface area (Å²) in [6.07, 6.45) is 0. The van der Waals surface area contributed by atoms with Crippen LogP contribution in [-0.2, 0) is 0 Å². The average Bonchev–Trinajstić information content (AvgIpc) is 2.39. The predicted octanol–water partition coefficient (Wildman–Crippen LogP) is 2.55. The Labute approximate surface area is 101 Å². The van der Waals surface area contributed by atoms with Crippen LogP contribution in [0.4, 0.5) is 5.82 Å². The van der Waals surface area contributed by atoms with E-state index in [1.807, 2.05) is 36.4 Å². The Morgan fingerprint density at radius 2 is 1.82 bits per heavy atom. The number of nitrogens with zero attached hydrogens (tertiary/aromatic N) is 2. The standard InChI is InChI=1S/C13H16N4/c1-9(2)11-8-12(15-14)16-17-13(11)10-6-4-3-5-7-10/h3-9H,14H2,1-2H3,(H,15,16). The minimum atomic E-state index is 0.368. The highest BCUT2D eigenvalue weighted by molar-refractivity contribution is 5.64. The van der Waals surface area contributed by atoms with Gasteiger partial charge in [0.15, 0.2) is 5.82 Å². The molecule has 0 saturated heterocycles. The van der Waals surface area contributed by atoms with E-state index < -0.39 is 0 Å². The van der Waals surface area contributed by atoms with E-state index in [1.54, 1.807) is 0 Å². The molecule has 0 unspecified atom stereocenters. The highest BCUT2D eigenvalue weighted by atomic mass is 15.3. The molecule has 4 heteroatoms. The van der Waals surface area contributed by atoms with E-state index in [9.17, 15) is 0 Å².